The molecule has 4 rings (SSSR count). The predicted molar refractivity (Wildman–Crippen MR) is 92.0 cm³/mol. The van der Waals surface area contributed by atoms with Crippen LogP contribution in [0.4, 0.5) is 5.69 Å². The third kappa shape index (κ3) is 2.57. The zero-order chi connectivity index (χ0) is 16.5. The number of carbonyl (C=O) groups excluding carboxylic acids is 1. The highest BCUT2D eigenvalue weighted by atomic mass is 16.5. The van der Waals surface area contributed by atoms with Crippen LogP contribution in [0, 0.1) is 5.92 Å². The first-order valence-corrected chi connectivity index (χ1v) is 8.52. The summed E-state index contributed by atoms with van der Waals surface area (Å²) in [5.41, 5.74) is 3.97. The molecule has 1 fully saturated rings. The summed E-state index contributed by atoms with van der Waals surface area (Å²) in [5, 5.41) is 3.65. The molecule has 0 aromatic heterocycles. The molecular weight excluding hydrogens is 302 g/mol. The van der Waals surface area contributed by atoms with Gasteiger partial charge in [-0.25, -0.2) is 4.79 Å². The minimum Gasteiger partial charge on any atom is -0.462 e. The molecule has 24 heavy (non-hydrogen) atoms. The predicted octanol–water partition coefficient (Wildman–Crippen LogP) is 4.11. The van der Waals surface area contributed by atoms with E-state index in [0.717, 1.165) is 24.3 Å². The number of ether oxygens (including phenoxy) is 2. The van der Waals surface area contributed by atoms with E-state index < -0.39 is 0 Å². The standard InChI is InChI=1S/C20H21NO3/c1-2-23-20(22)14-8-9-17-16(12-14)19-15(10-11-24-19)18(21-17)13-6-4-3-5-7-13/h3-9,12,15,18-19,21H,2,10-11H2,1H3/t15-,18+,19-/m1/s1. The summed E-state index contributed by atoms with van der Waals surface area (Å²) >= 11 is 0. The zero-order valence-corrected chi connectivity index (χ0v) is 13.7. The van der Waals surface area contributed by atoms with Crippen molar-refractivity contribution in [2.75, 3.05) is 18.5 Å². The molecule has 2 aliphatic heterocycles. The molecule has 1 saturated heterocycles. The molecule has 0 amide bonds. The van der Waals surface area contributed by atoms with Crippen LogP contribution < -0.4 is 5.32 Å². The summed E-state index contributed by atoms with van der Waals surface area (Å²) in [6.45, 7) is 2.95. The number of fused-ring (bicyclic) bond motifs is 3. The lowest BCUT2D eigenvalue weighted by Crippen LogP contribution is -2.29. The minimum absolute atomic E-state index is 0.0285. The van der Waals surface area contributed by atoms with Crippen LogP contribution in [0.15, 0.2) is 48.5 Å². The van der Waals surface area contributed by atoms with Crippen molar-refractivity contribution in [3.8, 4) is 0 Å². The molecule has 0 radical (unpaired) electrons. The van der Waals surface area contributed by atoms with Gasteiger partial charge < -0.3 is 14.8 Å². The number of hydrogen-bond acceptors (Lipinski definition) is 4. The number of hydrogen-bond donors (Lipinski definition) is 1. The Morgan fingerprint density at radius 2 is 2.08 bits per heavy atom. The number of rotatable bonds is 3. The van der Waals surface area contributed by atoms with Gasteiger partial charge in [0, 0.05) is 23.8 Å². The lowest BCUT2D eigenvalue weighted by molar-refractivity contribution is 0.0525. The van der Waals surface area contributed by atoms with E-state index in [1.807, 2.05) is 31.2 Å². The Bertz CT molecular complexity index is 744. The second-order valence-corrected chi connectivity index (χ2v) is 6.30. The third-order valence-corrected chi connectivity index (χ3v) is 4.90. The number of benzene rings is 2. The van der Waals surface area contributed by atoms with Crippen molar-refractivity contribution in [1.82, 2.24) is 0 Å². The Labute approximate surface area is 141 Å². The molecule has 0 unspecified atom stereocenters. The third-order valence-electron chi connectivity index (χ3n) is 4.90. The lowest BCUT2D eigenvalue weighted by Gasteiger charge is -2.36. The average molecular weight is 323 g/mol. The molecule has 2 aliphatic rings. The van der Waals surface area contributed by atoms with Crippen molar-refractivity contribution in [2.45, 2.75) is 25.5 Å². The van der Waals surface area contributed by atoms with Gasteiger partial charge in [0.2, 0.25) is 0 Å². The largest absolute Gasteiger partial charge is 0.462 e. The molecule has 2 aromatic carbocycles. The van der Waals surface area contributed by atoms with E-state index in [9.17, 15) is 4.79 Å². The van der Waals surface area contributed by atoms with Gasteiger partial charge in [0.05, 0.1) is 24.3 Å². The maximum Gasteiger partial charge on any atom is 0.338 e. The molecule has 0 spiro atoms. The van der Waals surface area contributed by atoms with Crippen LogP contribution in [-0.4, -0.2) is 19.2 Å². The van der Waals surface area contributed by atoms with Gasteiger partial charge in [-0.05, 0) is 37.1 Å². The molecule has 3 atom stereocenters. The molecule has 2 aromatic rings. The topological polar surface area (TPSA) is 47.6 Å². The summed E-state index contributed by atoms with van der Waals surface area (Å²) in [6, 6.07) is 16.4. The van der Waals surface area contributed by atoms with Gasteiger partial charge in [-0.15, -0.1) is 0 Å². The van der Waals surface area contributed by atoms with Crippen molar-refractivity contribution in [3.05, 3.63) is 65.2 Å². The van der Waals surface area contributed by atoms with Crippen molar-refractivity contribution in [2.24, 2.45) is 5.92 Å². The summed E-state index contributed by atoms with van der Waals surface area (Å²) in [6.07, 6.45) is 1.04. The first kappa shape index (κ1) is 15.2. The van der Waals surface area contributed by atoms with Crippen LogP contribution in [0.25, 0.3) is 0 Å². The van der Waals surface area contributed by atoms with Gasteiger partial charge >= 0.3 is 5.97 Å². The average Bonchev–Trinajstić information content (AvgIpc) is 3.11. The quantitative estimate of drug-likeness (QED) is 0.864. The Balaban J connectivity index is 1.71. The monoisotopic (exact) mass is 323 g/mol. The number of nitrogens with one attached hydrogen (secondary N) is 1. The van der Waals surface area contributed by atoms with Crippen LogP contribution in [0.3, 0.4) is 0 Å². The van der Waals surface area contributed by atoms with E-state index in [2.05, 4.69) is 29.6 Å². The van der Waals surface area contributed by atoms with Crippen molar-refractivity contribution in [3.63, 3.8) is 0 Å². The molecule has 0 saturated carbocycles. The smallest absolute Gasteiger partial charge is 0.338 e. The van der Waals surface area contributed by atoms with Crippen LogP contribution in [-0.2, 0) is 9.47 Å². The Morgan fingerprint density at radius 1 is 1.25 bits per heavy atom. The molecule has 124 valence electrons. The van der Waals surface area contributed by atoms with E-state index in [1.165, 1.54) is 5.56 Å². The summed E-state index contributed by atoms with van der Waals surface area (Å²) in [5.74, 6) is 0.0948. The molecule has 0 bridgehead atoms. The van der Waals surface area contributed by atoms with Crippen LogP contribution >= 0.6 is 0 Å². The number of esters is 1. The fourth-order valence-electron chi connectivity index (χ4n) is 3.80. The molecular formula is C20H21NO3. The minimum atomic E-state index is -0.278. The van der Waals surface area contributed by atoms with Crippen LogP contribution in [0.2, 0.25) is 0 Å². The molecule has 4 heteroatoms. The summed E-state index contributed by atoms with van der Waals surface area (Å²) in [4.78, 5) is 12.0. The van der Waals surface area contributed by atoms with E-state index in [-0.39, 0.29) is 18.1 Å². The van der Waals surface area contributed by atoms with Gasteiger partial charge in [-0.2, -0.15) is 0 Å². The maximum absolute atomic E-state index is 12.0. The van der Waals surface area contributed by atoms with E-state index >= 15 is 0 Å². The van der Waals surface area contributed by atoms with Crippen molar-refractivity contribution >= 4 is 11.7 Å². The molecule has 2 heterocycles. The Kier molecular flexibility index (Phi) is 3.98. The highest BCUT2D eigenvalue weighted by molar-refractivity contribution is 5.90. The summed E-state index contributed by atoms with van der Waals surface area (Å²) < 4.78 is 11.2. The van der Waals surface area contributed by atoms with Gasteiger partial charge in [0.25, 0.3) is 0 Å². The second kappa shape index (κ2) is 6.29. The normalized spacial score (nSPS) is 24.6. The fourth-order valence-corrected chi connectivity index (χ4v) is 3.80. The van der Waals surface area contributed by atoms with Crippen molar-refractivity contribution in [1.29, 1.82) is 0 Å². The van der Waals surface area contributed by atoms with Gasteiger partial charge in [-0.1, -0.05) is 30.3 Å². The molecule has 1 N–H and O–H groups in total. The molecule has 4 nitrogen and oxygen atoms in total. The number of anilines is 1. The van der Waals surface area contributed by atoms with Gasteiger partial charge in [0.15, 0.2) is 0 Å². The molecule has 0 aliphatic carbocycles. The lowest BCUT2D eigenvalue weighted by atomic mass is 9.80. The van der Waals surface area contributed by atoms with E-state index in [1.54, 1.807) is 0 Å². The van der Waals surface area contributed by atoms with Crippen LogP contribution in [0.1, 0.15) is 47.0 Å². The SMILES string of the molecule is CCOC(=O)c1ccc2c(c1)[C@@H]1OCC[C@@H]1[C@H](c1ccccc1)N2. The Morgan fingerprint density at radius 3 is 2.88 bits per heavy atom. The maximum atomic E-state index is 12.0. The fraction of sp³-hybridized carbons (Fsp3) is 0.350. The van der Waals surface area contributed by atoms with E-state index in [4.69, 9.17) is 9.47 Å². The van der Waals surface area contributed by atoms with Crippen molar-refractivity contribution < 1.29 is 14.3 Å². The van der Waals surface area contributed by atoms with Crippen LogP contribution in [0.5, 0.6) is 0 Å². The summed E-state index contributed by atoms with van der Waals surface area (Å²) in [7, 11) is 0. The first-order valence-electron chi connectivity index (χ1n) is 8.52. The first-order chi connectivity index (χ1) is 11.8. The van der Waals surface area contributed by atoms with Gasteiger partial charge in [0.1, 0.15) is 0 Å². The Hall–Kier alpha value is -2.33. The van der Waals surface area contributed by atoms with E-state index in [0.29, 0.717) is 18.1 Å². The van der Waals surface area contributed by atoms with Gasteiger partial charge in [-0.3, -0.25) is 0 Å². The highest BCUT2D eigenvalue weighted by Crippen LogP contribution is 2.49. The zero-order valence-electron chi connectivity index (χ0n) is 13.7. The highest BCUT2D eigenvalue weighted by Gasteiger charge is 2.41. The second-order valence-electron chi connectivity index (χ2n) is 6.30. The number of carbonyl (C=O) groups is 1.